The van der Waals surface area contributed by atoms with Crippen molar-refractivity contribution >= 4 is 29.9 Å². The van der Waals surface area contributed by atoms with E-state index in [-0.39, 0.29) is 18.3 Å². The molecule has 0 spiro atoms. The van der Waals surface area contributed by atoms with Gasteiger partial charge in [0.25, 0.3) is 0 Å². The molecule has 136 valence electrons. The van der Waals surface area contributed by atoms with Crippen molar-refractivity contribution < 1.29 is 4.79 Å². The van der Waals surface area contributed by atoms with Crippen LogP contribution in [0.15, 0.2) is 24.3 Å². The van der Waals surface area contributed by atoms with Crippen LogP contribution in [0.3, 0.4) is 0 Å². The van der Waals surface area contributed by atoms with Crippen LogP contribution in [0.5, 0.6) is 0 Å². The third kappa shape index (κ3) is 8.91. The highest BCUT2D eigenvalue weighted by atomic mass is 35.5. The number of rotatable bonds is 9. The van der Waals surface area contributed by atoms with Crippen molar-refractivity contribution in [2.45, 2.75) is 51.4 Å². The molecule has 1 aliphatic rings. The molecule has 2 rings (SSSR count). The number of nitrogens with one attached hydrogen (secondary N) is 1. The number of aryl methyl sites for hydroxylation is 1. The topological polar surface area (TPSA) is 32.3 Å². The number of piperidine rings is 1. The lowest BCUT2D eigenvalue weighted by Crippen LogP contribution is -2.33. The molecule has 0 unspecified atom stereocenters. The van der Waals surface area contributed by atoms with E-state index in [1.165, 1.54) is 37.9 Å². The van der Waals surface area contributed by atoms with Crippen molar-refractivity contribution in [1.29, 1.82) is 0 Å². The number of unbranched alkanes of at least 4 members (excludes halogenated alkanes) is 1. The Morgan fingerprint density at radius 2 is 1.75 bits per heavy atom. The number of amides is 1. The second-order valence-corrected chi connectivity index (χ2v) is 6.88. The van der Waals surface area contributed by atoms with Crippen LogP contribution in [0.4, 0.5) is 0 Å². The van der Waals surface area contributed by atoms with E-state index in [0.717, 1.165) is 43.8 Å². The van der Waals surface area contributed by atoms with Crippen LogP contribution in [-0.2, 0) is 11.2 Å². The lowest BCUT2D eigenvalue weighted by molar-refractivity contribution is -0.121. The van der Waals surface area contributed by atoms with Gasteiger partial charge in [-0.1, -0.05) is 30.2 Å². The third-order valence-corrected chi connectivity index (χ3v) is 4.71. The third-order valence-electron chi connectivity index (χ3n) is 4.45. The summed E-state index contributed by atoms with van der Waals surface area (Å²) >= 11 is 5.87. The Kier molecular flexibility index (Phi) is 11.1. The molecule has 0 atom stereocenters. The number of hydrogen-bond donors (Lipinski definition) is 1. The number of hydrogen-bond acceptors (Lipinski definition) is 2. The number of likely N-dealkylation sites (tertiary alicyclic amines) is 1. The molecule has 1 saturated heterocycles. The number of carbonyl (C=O) groups excluding carboxylic acids is 1. The van der Waals surface area contributed by atoms with Crippen molar-refractivity contribution in [2.24, 2.45) is 0 Å². The van der Waals surface area contributed by atoms with Crippen LogP contribution in [0.2, 0.25) is 5.02 Å². The number of carbonyl (C=O) groups is 1. The average Bonchev–Trinajstić information content (AvgIpc) is 2.58. The zero-order valence-electron chi connectivity index (χ0n) is 14.4. The standard InChI is InChI=1S/C19H29ClN2O.ClH/c20-18-11-9-17(10-12-18)7-2-3-8-19(23)21-13-6-16-22-14-4-1-5-15-22;/h9-12H,1-8,13-16H2,(H,21,23);1H. The maximum absolute atomic E-state index is 11.8. The van der Waals surface area contributed by atoms with E-state index in [1.54, 1.807) is 0 Å². The molecule has 0 saturated carbocycles. The van der Waals surface area contributed by atoms with Crippen molar-refractivity contribution in [2.75, 3.05) is 26.2 Å². The van der Waals surface area contributed by atoms with Crippen LogP contribution < -0.4 is 5.32 Å². The van der Waals surface area contributed by atoms with Gasteiger partial charge in [-0.05, 0) is 75.9 Å². The highest BCUT2D eigenvalue weighted by molar-refractivity contribution is 6.30. The minimum absolute atomic E-state index is 0. The summed E-state index contributed by atoms with van der Waals surface area (Å²) in [5.74, 6) is 0.194. The zero-order valence-corrected chi connectivity index (χ0v) is 16.0. The van der Waals surface area contributed by atoms with Gasteiger partial charge in [-0.15, -0.1) is 12.4 Å². The summed E-state index contributed by atoms with van der Waals surface area (Å²) in [4.78, 5) is 14.3. The largest absolute Gasteiger partial charge is 0.356 e. The Morgan fingerprint density at radius 3 is 2.46 bits per heavy atom. The van der Waals surface area contributed by atoms with Crippen molar-refractivity contribution in [1.82, 2.24) is 10.2 Å². The van der Waals surface area contributed by atoms with Crippen LogP contribution in [0, 0.1) is 0 Å². The van der Waals surface area contributed by atoms with Crippen LogP contribution in [0.1, 0.15) is 50.5 Å². The first-order chi connectivity index (χ1) is 11.2. The normalized spacial score (nSPS) is 14.9. The zero-order chi connectivity index (χ0) is 16.3. The van der Waals surface area contributed by atoms with Crippen LogP contribution in [-0.4, -0.2) is 37.0 Å². The Balaban J connectivity index is 0.00000288. The highest BCUT2D eigenvalue weighted by Gasteiger charge is 2.09. The fraction of sp³-hybridized carbons (Fsp3) is 0.632. The smallest absolute Gasteiger partial charge is 0.219 e. The first-order valence-corrected chi connectivity index (χ1v) is 9.35. The molecule has 1 amide bonds. The maximum Gasteiger partial charge on any atom is 0.219 e. The van der Waals surface area contributed by atoms with Crippen LogP contribution >= 0.6 is 24.0 Å². The van der Waals surface area contributed by atoms with Gasteiger partial charge in [0.2, 0.25) is 5.91 Å². The second-order valence-electron chi connectivity index (χ2n) is 6.44. The first kappa shape index (κ1) is 21.3. The molecular weight excluding hydrogens is 343 g/mol. The van der Waals surface area contributed by atoms with Gasteiger partial charge in [0.1, 0.15) is 0 Å². The fourth-order valence-electron chi connectivity index (χ4n) is 3.07. The fourth-order valence-corrected chi connectivity index (χ4v) is 3.19. The predicted octanol–water partition coefficient (Wildman–Crippen LogP) is 4.47. The number of halogens is 2. The minimum atomic E-state index is 0. The van der Waals surface area contributed by atoms with Crippen molar-refractivity contribution in [3.8, 4) is 0 Å². The summed E-state index contributed by atoms with van der Waals surface area (Å²) < 4.78 is 0. The molecule has 1 aromatic rings. The van der Waals surface area contributed by atoms with Gasteiger partial charge < -0.3 is 10.2 Å². The van der Waals surface area contributed by atoms with E-state index < -0.39 is 0 Å². The Labute approximate surface area is 157 Å². The van der Waals surface area contributed by atoms with Gasteiger partial charge in [0, 0.05) is 18.0 Å². The molecule has 5 heteroatoms. The minimum Gasteiger partial charge on any atom is -0.356 e. The first-order valence-electron chi connectivity index (χ1n) is 8.97. The van der Waals surface area contributed by atoms with Crippen molar-refractivity contribution in [3.05, 3.63) is 34.9 Å². The maximum atomic E-state index is 11.8. The van der Waals surface area contributed by atoms with Crippen molar-refractivity contribution in [3.63, 3.8) is 0 Å². The van der Waals surface area contributed by atoms with E-state index in [0.29, 0.717) is 6.42 Å². The molecule has 1 heterocycles. The Bertz CT molecular complexity index is 459. The summed E-state index contributed by atoms with van der Waals surface area (Å²) in [7, 11) is 0. The van der Waals surface area contributed by atoms with Gasteiger partial charge in [0.15, 0.2) is 0 Å². The van der Waals surface area contributed by atoms with E-state index in [1.807, 2.05) is 12.1 Å². The van der Waals surface area contributed by atoms with Gasteiger partial charge in [-0.25, -0.2) is 0 Å². The summed E-state index contributed by atoms with van der Waals surface area (Å²) in [6.07, 6.45) is 8.75. The molecule has 1 aliphatic heterocycles. The number of nitrogens with zero attached hydrogens (tertiary/aromatic N) is 1. The molecule has 1 fully saturated rings. The lowest BCUT2D eigenvalue weighted by Gasteiger charge is -2.26. The Morgan fingerprint density at radius 1 is 1.04 bits per heavy atom. The van der Waals surface area contributed by atoms with E-state index in [2.05, 4.69) is 22.3 Å². The molecule has 0 radical (unpaired) electrons. The SMILES string of the molecule is Cl.O=C(CCCCc1ccc(Cl)cc1)NCCCN1CCCCC1. The average molecular weight is 373 g/mol. The summed E-state index contributed by atoms with van der Waals surface area (Å²) in [5.41, 5.74) is 1.29. The summed E-state index contributed by atoms with van der Waals surface area (Å²) in [6.45, 7) is 4.40. The monoisotopic (exact) mass is 372 g/mol. The summed E-state index contributed by atoms with van der Waals surface area (Å²) in [5, 5.41) is 3.82. The van der Waals surface area contributed by atoms with Gasteiger partial charge in [-0.2, -0.15) is 0 Å². The van der Waals surface area contributed by atoms with Crippen LogP contribution in [0.25, 0.3) is 0 Å². The lowest BCUT2D eigenvalue weighted by atomic mass is 10.1. The van der Waals surface area contributed by atoms with E-state index in [9.17, 15) is 4.79 Å². The molecule has 0 bridgehead atoms. The molecule has 0 aliphatic carbocycles. The van der Waals surface area contributed by atoms with Gasteiger partial charge in [0.05, 0.1) is 0 Å². The second kappa shape index (κ2) is 12.6. The molecular formula is C19H30Cl2N2O. The predicted molar refractivity (Wildman–Crippen MR) is 104 cm³/mol. The summed E-state index contributed by atoms with van der Waals surface area (Å²) in [6, 6.07) is 7.96. The molecule has 0 aromatic heterocycles. The highest BCUT2D eigenvalue weighted by Crippen LogP contribution is 2.12. The van der Waals surface area contributed by atoms with Gasteiger partial charge in [-0.3, -0.25) is 4.79 Å². The molecule has 1 aromatic carbocycles. The van der Waals surface area contributed by atoms with E-state index in [4.69, 9.17) is 11.6 Å². The Hall–Kier alpha value is -0.770. The van der Waals surface area contributed by atoms with Gasteiger partial charge >= 0.3 is 0 Å². The van der Waals surface area contributed by atoms with E-state index >= 15 is 0 Å². The number of benzene rings is 1. The quantitative estimate of drug-likeness (QED) is 0.648. The molecule has 1 N–H and O–H groups in total. The molecule has 24 heavy (non-hydrogen) atoms. The molecule has 3 nitrogen and oxygen atoms in total.